The van der Waals surface area contributed by atoms with Crippen LogP contribution in [0.3, 0.4) is 0 Å². The van der Waals surface area contributed by atoms with Gasteiger partial charge in [0.1, 0.15) is 12.4 Å². The second-order valence-electron chi connectivity index (χ2n) is 6.97. The van der Waals surface area contributed by atoms with Crippen molar-refractivity contribution in [1.82, 2.24) is 10.2 Å². The van der Waals surface area contributed by atoms with E-state index in [-0.39, 0.29) is 6.03 Å². The van der Waals surface area contributed by atoms with Crippen LogP contribution in [0.5, 0.6) is 5.75 Å². The Labute approximate surface area is 155 Å². The first kappa shape index (κ1) is 18.5. The van der Waals surface area contributed by atoms with Gasteiger partial charge in [-0.3, -0.25) is 0 Å². The third-order valence-corrected chi connectivity index (χ3v) is 5.12. The second-order valence-corrected chi connectivity index (χ2v) is 6.97. The number of carbonyl (C=O) groups excluding carboxylic acids is 1. The Bertz CT molecular complexity index is 620. The van der Waals surface area contributed by atoms with Crippen LogP contribution in [0.2, 0.25) is 0 Å². The lowest BCUT2D eigenvalue weighted by Crippen LogP contribution is -2.49. The summed E-state index contributed by atoms with van der Waals surface area (Å²) in [5, 5.41) is 11.7. The zero-order valence-electron chi connectivity index (χ0n) is 15.2. The fourth-order valence-electron chi connectivity index (χ4n) is 3.70. The van der Waals surface area contributed by atoms with Crippen molar-refractivity contribution < 1.29 is 14.3 Å². The van der Waals surface area contributed by atoms with Gasteiger partial charge >= 0.3 is 6.03 Å². The SMILES string of the molecule is N#Cc1ccc(OCCNC(=O)N2CCCC(C3CCCCO3)C2)cc1. The van der Waals surface area contributed by atoms with E-state index in [4.69, 9.17) is 14.7 Å². The average Bonchev–Trinajstić information content (AvgIpc) is 2.72. The van der Waals surface area contributed by atoms with Gasteiger partial charge in [-0.15, -0.1) is 0 Å². The molecule has 3 rings (SSSR count). The summed E-state index contributed by atoms with van der Waals surface area (Å²) in [6, 6.07) is 9.02. The summed E-state index contributed by atoms with van der Waals surface area (Å²) in [6.45, 7) is 3.32. The predicted octanol–water partition coefficient (Wildman–Crippen LogP) is 2.93. The fraction of sp³-hybridized carbons (Fsp3) is 0.600. The van der Waals surface area contributed by atoms with Gasteiger partial charge in [-0.1, -0.05) is 0 Å². The van der Waals surface area contributed by atoms with Crippen LogP contribution in [-0.4, -0.2) is 49.9 Å². The van der Waals surface area contributed by atoms with Crippen molar-refractivity contribution in [2.75, 3.05) is 32.8 Å². The molecular formula is C20H27N3O3. The molecule has 2 fully saturated rings. The highest BCUT2D eigenvalue weighted by atomic mass is 16.5. The van der Waals surface area contributed by atoms with Crippen molar-refractivity contribution in [2.24, 2.45) is 5.92 Å². The van der Waals surface area contributed by atoms with Crippen molar-refractivity contribution in [2.45, 2.75) is 38.2 Å². The third-order valence-electron chi connectivity index (χ3n) is 5.12. The summed E-state index contributed by atoms with van der Waals surface area (Å²) in [5.74, 6) is 1.16. The van der Waals surface area contributed by atoms with Crippen LogP contribution < -0.4 is 10.1 Å². The number of ether oxygens (including phenoxy) is 2. The first-order valence-electron chi connectivity index (χ1n) is 9.53. The van der Waals surface area contributed by atoms with Gasteiger partial charge in [0.15, 0.2) is 0 Å². The van der Waals surface area contributed by atoms with Crippen LogP contribution in [0, 0.1) is 17.2 Å². The average molecular weight is 357 g/mol. The Balaban J connectivity index is 1.37. The molecule has 0 saturated carbocycles. The smallest absolute Gasteiger partial charge is 0.317 e. The van der Waals surface area contributed by atoms with E-state index in [9.17, 15) is 4.79 Å². The number of carbonyl (C=O) groups is 1. The number of hydrogen-bond acceptors (Lipinski definition) is 4. The molecule has 0 aromatic heterocycles. The Morgan fingerprint density at radius 2 is 2.12 bits per heavy atom. The molecular weight excluding hydrogens is 330 g/mol. The molecule has 2 aliphatic rings. The molecule has 1 aromatic carbocycles. The first-order valence-corrected chi connectivity index (χ1v) is 9.53. The molecule has 0 bridgehead atoms. The summed E-state index contributed by atoms with van der Waals surface area (Å²) < 4.78 is 11.5. The van der Waals surface area contributed by atoms with Crippen molar-refractivity contribution in [3.8, 4) is 11.8 Å². The van der Waals surface area contributed by atoms with Crippen molar-refractivity contribution in [1.29, 1.82) is 5.26 Å². The molecule has 140 valence electrons. The zero-order valence-corrected chi connectivity index (χ0v) is 15.2. The number of hydrogen-bond donors (Lipinski definition) is 1. The maximum Gasteiger partial charge on any atom is 0.317 e. The summed E-state index contributed by atoms with van der Waals surface area (Å²) in [5.41, 5.74) is 0.604. The minimum absolute atomic E-state index is 0.0195. The Morgan fingerprint density at radius 3 is 2.85 bits per heavy atom. The predicted molar refractivity (Wildman–Crippen MR) is 97.9 cm³/mol. The van der Waals surface area contributed by atoms with E-state index >= 15 is 0 Å². The maximum absolute atomic E-state index is 12.4. The molecule has 2 amide bonds. The first-order chi connectivity index (χ1) is 12.8. The van der Waals surface area contributed by atoms with E-state index in [1.807, 2.05) is 4.90 Å². The standard InChI is InChI=1S/C20H27N3O3/c21-14-16-6-8-18(9-7-16)25-13-10-22-20(24)23-11-3-4-17(15-23)19-5-1-2-12-26-19/h6-9,17,19H,1-5,10-13,15H2,(H,22,24). The largest absolute Gasteiger partial charge is 0.492 e. The monoisotopic (exact) mass is 357 g/mol. The lowest BCUT2D eigenvalue weighted by atomic mass is 9.88. The number of benzene rings is 1. The topological polar surface area (TPSA) is 74.6 Å². The van der Waals surface area contributed by atoms with E-state index < -0.39 is 0 Å². The van der Waals surface area contributed by atoms with Crippen LogP contribution >= 0.6 is 0 Å². The van der Waals surface area contributed by atoms with Gasteiger partial charge in [-0.05, 0) is 56.4 Å². The molecule has 2 unspecified atom stereocenters. The molecule has 6 nitrogen and oxygen atoms in total. The van der Waals surface area contributed by atoms with Crippen LogP contribution in [-0.2, 0) is 4.74 Å². The van der Waals surface area contributed by atoms with E-state index in [1.165, 1.54) is 6.42 Å². The van der Waals surface area contributed by atoms with Crippen molar-refractivity contribution in [3.63, 3.8) is 0 Å². The third kappa shape index (κ3) is 5.12. The van der Waals surface area contributed by atoms with Crippen LogP contribution in [0.4, 0.5) is 4.79 Å². The quantitative estimate of drug-likeness (QED) is 0.822. The van der Waals surface area contributed by atoms with E-state index in [1.54, 1.807) is 24.3 Å². The Morgan fingerprint density at radius 1 is 1.27 bits per heavy atom. The summed E-state index contributed by atoms with van der Waals surface area (Å²) in [4.78, 5) is 14.3. The lowest BCUT2D eigenvalue weighted by molar-refractivity contribution is -0.0366. The number of urea groups is 1. The molecule has 1 N–H and O–H groups in total. The number of likely N-dealkylation sites (tertiary alicyclic amines) is 1. The molecule has 2 saturated heterocycles. The molecule has 0 aliphatic carbocycles. The zero-order chi connectivity index (χ0) is 18.2. The van der Waals surface area contributed by atoms with Gasteiger partial charge in [0, 0.05) is 25.6 Å². The lowest BCUT2D eigenvalue weighted by Gasteiger charge is -2.38. The van der Waals surface area contributed by atoms with E-state index in [0.29, 0.717) is 36.5 Å². The van der Waals surface area contributed by atoms with Crippen molar-refractivity contribution >= 4 is 6.03 Å². The molecule has 2 atom stereocenters. The van der Waals surface area contributed by atoms with Gasteiger partial charge in [-0.25, -0.2) is 4.79 Å². The van der Waals surface area contributed by atoms with Crippen LogP contribution in [0.1, 0.15) is 37.7 Å². The highest BCUT2D eigenvalue weighted by Gasteiger charge is 2.30. The summed E-state index contributed by atoms with van der Waals surface area (Å²) in [7, 11) is 0. The molecule has 0 spiro atoms. The second kappa shape index (κ2) is 9.44. The van der Waals surface area contributed by atoms with Crippen LogP contribution in [0.15, 0.2) is 24.3 Å². The fourth-order valence-corrected chi connectivity index (χ4v) is 3.70. The molecule has 0 radical (unpaired) electrons. The highest BCUT2D eigenvalue weighted by molar-refractivity contribution is 5.74. The molecule has 26 heavy (non-hydrogen) atoms. The van der Waals surface area contributed by atoms with Gasteiger partial charge in [-0.2, -0.15) is 5.26 Å². The van der Waals surface area contributed by atoms with E-state index in [0.717, 1.165) is 45.4 Å². The van der Waals surface area contributed by atoms with E-state index in [2.05, 4.69) is 11.4 Å². The van der Waals surface area contributed by atoms with Gasteiger partial charge in [0.2, 0.25) is 0 Å². The maximum atomic E-state index is 12.4. The number of nitriles is 1. The van der Waals surface area contributed by atoms with Gasteiger partial charge in [0.05, 0.1) is 24.3 Å². The minimum atomic E-state index is -0.0195. The minimum Gasteiger partial charge on any atom is -0.492 e. The van der Waals surface area contributed by atoms with Gasteiger partial charge < -0.3 is 19.7 Å². The molecule has 6 heteroatoms. The molecule has 1 aromatic rings. The highest BCUT2D eigenvalue weighted by Crippen LogP contribution is 2.27. The Kier molecular flexibility index (Phi) is 6.73. The summed E-state index contributed by atoms with van der Waals surface area (Å²) in [6.07, 6.45) is 6.03. The molecule has 2 aliphatic heterocycles. The number of piperidine rings is 1. The number of nitrogens with one attached hydrogen (secondary N) is 1. The number of amides is 2. The van der Waals surface area contributed by atoms with Crippen LogP contribution in [0.25, 0.3) is 0 Å². The van der Waals surface area contributed by atoms with Crippen molar-refractivity contribution in [3.05, 3.63) is 29.8 Å². The number of rotatable bonds is 5. The molecule has 2 heterocycles. The summed E-state index contributed by atoms with van der Waals surface area (Å²) >= 11 is 0. The normalized spacial score (nSPS) is 23.1. The number of nitrogens with zero attached hydrogens (tertiary/aromatic N) is 2. The van der Waals surface area contributed by atoms with Gasteiger partial charge in [0.25, 0.3) is 0 Å². The Hall–Kier alpha value is -2.26.